The Kier molecular flexibility index (Phi) is 4.56. The van der Waals surface area contributed by atoms with Crippen molar-refractivity contribution in [2.45, 2.75) is 33.2 Å². The number of hydrogen-bond acceptors (Lipinski definition) is 3. The number of pyridine rings is 1. The lowest BCUT2D eigenvalue weighted by atomic mass is 10.1. The van der Waals surface area contributed by atoms with E-state index in [1.165, 1.54) is 5.56 Å². The van der Waals surface area contributed by atoms with Gasteiger partial charge in [0.1, 0.15) is 5.82 Å². The maximum absolute atomic E-state index is 4.57. The lowest BCUT2D eigenvalue weighted by Gasteiger charge is -2.11. The molecule has 0 aliphatic heterocycles. The smallest absolute Gasteiger partial charge is 0.126 e. The van der Waals surface area contributed by atoms with E-state index < -0.39 is 0 Å². The van der Waals surface area contributed by atoms with Crippen molar-refractivity contribution < 1.29 is 0 Å². The summed E-state index contributed by atoms with van der Waals surface area (Å²) in [6.07, 6.45) is 0. The molecule has 1 rings (SSSR count). The molecule has 84 valence electrons. The molecule has 0 bridgehead atoms. The van der Waals surface area contributed by atoms with E-state index in [4.69, 9.17) is 0 Å². The fourth-order valence-corrected chi connectivity index (χ4v) is 1.48. The van der Waals surface area contributed by atoms with E-state index in [1.807, 2.05) is 7.05 Å². The predicted molar refractivity (Wildman–Crippen MR) is 65.3 cm³/mol. The summed E-state index contributed by atoms with van der Waals surface area (Å²) in [7, 11) is 1.96. The monoisotopic (exact) mass is 207 g/mol. The van der Waals surface area contributed by atoms with Gasteiger partial charge in [0.05, 0.1) is 0 Å². The Morgan fingerprint density at radius 1 is 1.33 bits per heavy atom. The molecule has 2 N–H and O–H groups in total. The molecule has 3 nitrogen and oxygen atoms in total. The molecule has 15 heavy (non-hydrogen) atoms. The third-order valence-electron chi connectivity index (χ3n) is 2.24. The molecular weight excluding hydrogens is 186 g/mol. The quantitative estimate of drug-likeness (QED) is 0.778. The van der Waals surface area contributed by atoms with E-state index in [0.29, 0.717) is 5.92 Å². The van der Waals surface area contributed by atoms with E-state index in [1.54, 1.807) is 0 Å². The van der Waals surface area contributed by atoms with Gasteiger partial charge in [0, 0.05) is 18.8 Å². The molecule has 0 atom stereocenters. The molecule has 0 amide bonds. The van der Waals surface area contributed by atoms with E-state index >= 15 is 0 Å². The summed E-state index contributed by atoms with van der Waals surface area (Å²) in [4.78, 5) is 4.57. The van der Waals surface area contributed by atoms with Crippen LogP contribution < -0.4 is 10.6 Å². The molecule has 0 saturated carbocycles. The lowest BCUT2D eigenvalue weighted by Crippen LogP contribution is -2.09. The first kappa shape index (κ1) is 12.0. The Morgan fingerprint density at radius 2 is 2.07 bits per heavy atom. The van der Waals surface area contributed by atoms with Crippen molar-refractivity contribution in [3.05, 3.63) is 23.4 Å². The largest absolute Gasteiger partial charge is 0.370 e. The second-order valence-corrected chi connectivity index (χ2v) is 4.00. The van der Waals surface area contributed by atoms with Crippen molar-refractivity contribution in [3.63, 3.8) is 0 Å². The summed E-state index contributed by atoms with van der Waals surface area (Å²) in [5, 5.41) is 6.43. The number of nitrogens with one attached hydrogen (secondary N) is 2. The van der Waals surface area contributed by atoms with Crippen LogP contribution in [-0.4, -0.2) is 18.6 Å². The average molecular weight is 207 g/mol. The Hall–Kier alpha value is -1.09. The SMILES string of the molecule is CCNc1cc(CNC)cc(C(C)C)n1. The molecular formula is C12H21N3. The fraction of sp³-hybridized carbons (Fsp3) is 0.583. The summed E-state index contributed by atoms with van der Waals surface area (Å²) in [6, 6.07) is 4.27. The van der Waals surface area contributed by atoms with E-state index in [0.717, 1.165) is 24.6 Å². The molecule has 1 heterocycles. The van der Waals surface area contributed by atoms with Gasteiger partial charge in [-0.05, 0) is 37.6 Å². The van der Waals surface area contributed by atoms with Gasteiger partial charge in [0.2, 0.25) is 0 Å². The van der Waals surface area contributed by atoms with Gasteiger partial charge >= 0.3 is 0 Å². The van der Waals surface area contributed by atoms with Gasteiger partial charge < -0.3 is 10.6 Å². The minimum absolute atomic E-state index is 0.471. The molecule has 0 saturated heterocycles. The first-order chi connectivity index (χ1) is 7.17. The summed E-state index contributed by atoms with van der Waals surface area (Å²) in [6.45, 7) is 8.22. The highest BCUT2D eigenvalue weighted by Gasteiger charge is 2.05. The van der Waals surface area contributed by atoms with Crippen molar-refractivity contribution in [2.24, 2.45) is 0 Å². The van der Waals surface area contributed by atoms with E-state index in [9.17, 15) is 0 Å². The van der Waals surface area contributed by atoms with Crippen LogP contribution in [0, 0.1) is 0 Å². The molecule has 0 aliphatic carbocycles. The highest BCUT2D eigenvalue weighted by atomic mass is 15.0. The van der Waals surface area contributed by atoms with Crippen LogP contribution in [0.3, 0.4) is 0 Å². The number of anilines is 1. The minimum Gasteiger partial charge on any atom is -0.370 e. The first-order valence-corrected chi connectivity index (χ1v) is 5.56. The molecule has 3 heteroatoms. The van der Waals surface area contributed by atoms with Crippen LogP contribution in [-0.2, 0) is 6.54 Å². The van der Waals surface area contributed by atoms with E-state index in [-0.39, 0.29) is 0 Å². The first-order valence-electron chi connectivity index (χ1n) is 5.56. The van der Waals surface area contributed by atoms with Crippen LogP contribution in [0.25, 0.3) is 0 Å². The van der Waals surface area contributed by atoms with Crippen LogP contribution in [0.1, 0.15) is 37.9 Å². The minimum atomic E-state index is 0.471. The zero-order chi connectivity index (χ0) is 11.3. The third kappa shape index (κ3) is 3.51. The Balaban J connectivity index is 2.97. The lowest BCUT2D eigenvalue weighted by molar-refractivity contribution is 0.789. The fourth-order valence-electron chi connectivity index (χ4n) is 1.48. The summed E-state index contributed by atoms with van der Waals surface area (Å²) in [5.74, 6) is 1.45. The van der Waals surface area contributed by atoms with Crippen LogP contribution in [0.5, 0.6) is 0 Å². The second-order valence-electron chi connectivity index (χ2n) is 4.00. The second kappa shape index (κ2) is 5.71. The predicted octanol–water partition coefficient (Wildman–Crippen LogP) is 2.36. The highest BCUT2D eigenvalue weighted by Crippen LogP contribution is 2.17. The number of nitrogens with zero attached hydrogens (tertiary/aromatic N) is 1. The van der Waals surface area contributed by atoms with Gasteiger partial charge in [-0.15, -0.1) is 0 Å². The molecule has 0 aromatic carbocycles. The average Bonchev–Trinajstić information content (AvgIpc) is 2.18. The van der Waals surface area contributed by atoms with Gasteiger partial charge in [-0.3, -0.25) is 0 Å². The molecule has 0 spiro atoms. The Labute approximate surface area is 92.3 Å². The van der Waals surface area contributed by atoms with Crippen molar-refractivity contribution >= 4 is 5.82 Å². The molecule has 0 radical (unpaired) electrons. The van der Waals surface area contributed by atoms with E-state index in [2.05, 4.69) is 48.5 Å². The van der Waals surface area contributed by atoms with Crippen LogP contribution >= 0.6 is 0 Å². The van der Waals surface area contributed by atoms with Crippen LogP contribution in [0.4, 0.5) is 5.82 Å². The van der Waals surface area contributed by atoms with Gasteiger partial charge in [-0.25, -0.2) is 4.98 Å². The molecule has 1 aromatic heterocycles. The summed E-state index contributed by atoms with van der Waals surface area (Å²) < 4.78 is 0. The molecule has 0 fully saturated rings. The van der Waals surface area contributed by atoms with Gasteiger partial charge in [-0.1, -0.05) is 13.8 Å². The van der Waals surface area contributed by atoms with Crippen molar-refractivity contribution in [2.75, 3.05) is 18.9 Å². The third-order valence-corrected chi connectivity index (χ3v) is 2.24. The van der Waals surface area contributed by atoms with Gasteiger partial charge in [-0.2, -0.15) is 0 Å². The van der Waals surface area contributed by atoms with Crippen LogP contribution in [0.2, 0.25) is 0 Å². The summed E-state index contributed by atoms with van der Waals surface area (Å²) in [5.41, 5.74) is 2.44. The zero-order valence-electron chi connectivity index (χ0n) is 10.1. The molecule has 0 aliphatic rings. The molecule has 0 unspecified atom stereocenters. The normalized spacial score (nSPS) is 10.7. The molecule has 1 aromatic rings. The van der Waals surface area contributed by atoms with Crippen molar-refractivity contribution in [1.29, 1.82) is 0 Å². The van der Waals surface area contributed by atoms with Gasteiger partial charge in [0.15, 0.2) is 0 Å². The maximum atomic E-state index is 4.57. The summed E-state index contributed by atoms with van der Waals surface area (Å²) >= 11 is 0. The zero-order valence-corrected chi connectivity index (χ0v) is 10.1. The topological polar surface area (TPSA) is 37.0 Å². The standard InChI is InChI=1S/C12H21N3/c1-5-14-12-7-10(8-13-4)6-11(15-12)9(2)3/h6-7,9,13H,5,8H2,1-4H3,(H,14,15). The number of rotatable bonds is 5. The maximum Gasteiger partial charge on any atom is 0.126 e. The van der Waals surface area contributed by atoms with Crippen molar-refractivity contribution in [1.82, 2.24) is 10.3 Å². The van der Waals surface area contributed by atoms with Crippen LogP contribution in [0.15, 0.2) is 12.1 Å². The van der Waals surface area contributed by atoms with Gasteiger partial charge in [0.25, 0.3) is 0 Å². The Morgan fingerprint density at radius 3 is 2.60 bits per heavy atom. The van der Waals surface area contributed by atoms with Crippen molar-refractivity contribution in [3.8, 4) is 0 Å². The highest BCUT2D eigenvalue weighted by molar-refractivity contribution is 5.40. The Bertz CT molecular complexity index is 283. The number of aromatic nitrogens is 1. The number of hydrogen-bond donors (Lipinski definition) is 2.